The molecule has 0 radical (unpaired) electrons. The molecule has 0 unspecified atom stereocenters. The smallest absolute Gasteiger partial charge is 0.410 e. The van der Waals surface area contributed by atoms with Gasteiger partial charge in [-0.05, 0) is 20.8 Å². The number of piperazine rings is 1. The first-order chi connectivity index (χ1) is 10.7. The van der Waals surface area contributed by atoms with E-state index in [1.54, 1.807) is 4.90 Å². The number of ether oxygens (including phenoxy) is 1. The van der Waals surface area contributed by atoms with E-state index in [9.17, 15) is 14.9 Å². The topological polar surface area (TPSA) is 115 Å². The minimum Gasteiger partial charge on any atom is -0.444 e. The number of nitrogen functional groups attached to an aromatic ring is 1. The molecule has 1 aliphatic heterocycles. The van der Waals surface area contributed by atoms with Crippen molar-refractivity contribution in [3.05, 3.63) is 22.0 Å². The molecule has 1 fully saturated rings. The molecule has 2 heterocycles. The van der Waals surface area contributed by atoms with Gasteiger partial charge in [-0.2, -0.15) is 5.26 Å². The monoisotopic (exact) mass is 319 g/mol. The molecule has 1 aliphatic rings. The Kier molecular flexibility index (Phi) is 4.50. The number of H-pyrrole nitrogens is 1. The van der Waals surface area contributed by atoms with Crippen LogP contribution >= 0.6 is 0 Å². The van der Waals surface area contributed by atoms with Gasteiger partial charge in [0.2, 0.25) is 0 Å². The predicted octanol–water partition coefficient (Wildman–Crippen LogP) is 0.886. The number of carbonyl (C=O) groups excluding carboxylic acids is 1. The third-order valence-corrected chi connectivity index (χ3v) is 3.41. The van der Waals surface area contributed by atoms with Crippen LogP contribution in [0.1, 0.15) is 26.3 Å². The number of nitrogens with zero attached hydrogens (tertiary/aromatic N) is 3. The molecular weight excluding hydrogens is 298 g/mol. The molecule has 124 valence electrons. The van der Waals surface area contributed by atoms with Gasteiger partial charge in [0.15, 0.2) is 0 Å². The lowest BCUT2D eigenvalue weighted by Gasteiger charge is -2.36. The second-order valence-electron chi connectivity index (χ2n) is 6.38. The second-order valence-corrected chi connectivity index (χ2v) is 6.38. The van der Waals surface area contributed by atoms with Gasteiger partial charge in [0.1, 0.15) is 23.1 Å². The molecule has 3 N–H and O–H groups in total. The summed E-state index contributed by atoms with van der Waals surface area (Å²) in [5, 5.41) is 9.23. The maximum absolute atomic E-state index is 12.0. The van der Waals surface area contributed by atoms with Gasteiger partial charge in [0.25, 0.3) is 5.56 Å². The maximum Gasteiger partial charge on any atom is 0.410 e. The average Bonchev–Trinajstić information content (AvgIpc) is 2.45. The summed E-state index contributed by atoms with van der Waals surface area (Å²) >= 11 is 0. The van der Waals surface area contributed by atoms with Crippen LogP contribution in [0.4, 0.5) is 16.3 Å². The fourth-order valence-electron chi connectivity index (χ4n) is 2.36. The first-order valence-electron chi connectivity index (χ1n) is 7.37. The molecule has 0 bridgehead atoms. The van der Waals surface area contributed by atoms with E-state index in [1.165, 1.54) is 6.07 Å². The van der Waals surface area contributed by atoms with E-state index in [4.69, 9.17) is 10.5 Å². The molecule has 0 atom stereocenters. The highest BCUT2D eigenvalue weighted by Gasteiger charge is 2.27. The number of nitrogens with one attached hydrogen (secondary N) is 1. The van der Waals surface area contributed by atoms with Gasteiger partial charge >= 0.3 is 6.09 Å². The minimum absolute atomic E-state index is 0.154. The molecule has 8 nitrogen and oxygen atoms in total. The number of nitriles is 1. The summed E-state index contributed by atoms with van der Waals surface area (Å²) in [6.45, 7) is 7.29. The Morgan fingerprint density at radius 3 is 2.48 bits per heavy atom. The van der Waals surface area contributed by atoms with E-state index in [-0.39, 0.29) is 22.9 Å². The van der Waals surface area contributed by atoms with E-state index >= 15 is 0 Å². The summed E-state index contributed by atoms with van der Waals surface area (Å²) in [5.74, 6) is 0.404. The Balaban J connectivity index is 2.10. The SMILES string of the molecule is CC(C)(C)OC(=O)N1CCN(c2[nH]c(=O)cc(N)c2C#N)CC1. The van der Waals surface area contributed by atoms with Crippen molar-refractivity contribution in [2.45, 2.75) is 26.4 Å². The third-order valence-electron chi connectivity index (χ3n) is 3.41. The molecule has 1 amide bonds. The van der Waals surface area contributed by atoms with Crippen LogP contribution in [0.5, 0.6) is 0 Å². The van der Waals surface area contributed by atoms with E-state index in [0.717, 1.165) is 0 Å². The number of anilines is 2. The number of carbonyl (C=O) groups is 1. The molecule has 23 heavy (non-hydrogen) atoms. The molecule has 1 aromatic heterocycles. The number of nitrogens with two attached hydrogens (primary N) is 1. The number of hydrogen-bond acceptors (Lipinski definition) is 6. The van der Waals surface area contributed by atoms with Crippen LogP contribution in [0.25, 0.3) is 0 Å². The van der Waals surface area contributed by atoms with Crippen LogP contribution in [0.2, 0.25) is 0 Å². The average molecular weight is 319 g/mol. The van der Waals surface area contributed by atoms with E-state index in [0.29, 0.717) is 32.0 Å². The Labute approximate surface area is 134 Å². The van der Waals surface area contributed by atoms with E-state index in [1.807, 2.05) is 31.7 Å². The quantitative estimate of drug-likeness (QED) is 0.794. The van der Waals surface area contributed by atoms with Gasteiger partial charge in [0.05, 0.1) is 5.69 Å². The zero-order valence-corrected chi connectivity index (χ0v) is 13.5. The molecule has 0 aromatic carbocycles. The van der Waals surface area contributed by atoms with Gasteiger partial charge in [-0.25, -0.2) is 4.79 Å². The van der Waals surface area contributed by atoms with E-state index in [2.05, 4.69) is 4.98 Å². The van der Waals surface area contributed by atoms with E-state index < -0.39 is 5.60 Å². The van der Waals surface area contributed by atoms with Crippen LogP contribution in [-0.4, -0.2) is 47.8 Å². The highest BCUT2D eigenvalue weighted by atomic mass is 16.6. The van der Waals surface area contributed by atoms with Crippen LogP contribution in [0.3, 0.4) is 0 Å². The predicted molar refractivity (Wildman–Crippen MR) is 86.2 cm³/mol. The second kappa shape index (κ2) is 6.20. The van der Waals surface area contributed by atoms with Gasteiger partial charge < -0.3 is 25.3 Å². The first-order valence-corrected chi connectivity index (χ1v) is 7.37. The zero-order valence-electron chi connectivity index (χ0n) is 13.5. The zero-order chi connectivity index (χ0) is 17.2. The summed E-state index contributed by atoms with van der Waals surface area (Å²) in [6.07, 6.45) is -0.362. The van der Waals surface area contributed by atoms with Crippen molar-refractivity contribution < 1.29 is 9.53 Å². The molecular formula is C15H21N5O3. The third kappa shape index (κ3) is 3.94. The lowest BCUT2D eigenvalue weighted by Crippen LogP contribution is -2.50. The van der Waals surface area contributed by atoms with Crippen LogP contribution in [0, 0.1) is 11.3 Å². The highest BCUT2D eigenvalue weighted by molar-refractivity contribution is 5.70. The highest BCUT2D eigenvalue weighted by Crippen LogP contribution is 2.22. The van der Waals surface area contributed by atoms with Crippen molar-refractivity contribution >= 4 is 17.6 Å². The van der Waals surface area contributed by atoms with Crippen molar-refractivity contribution in [1.82, 2.24) is 9.88 Å². The standard InChI is InChI=1S/C15H21N5O3/c1-15(2,3)23-14(22)20-6-4-19(5-7-20)13-10(9-16)11(17)8-12(21)18-13/h8H,4-7H2,1-3H3,(H3,17,18,21). The molecule has 0 spiro atoms. The molecule has 2 rings (SSSR count). The number of aromatic amines is 1. The molecule has 8 heteroatoms. The minimum atomic E-state index is -0.540. The number of pyridine rings is 1. The Bertz CT molecular complexity index is 691. The number of hydrogen-bond donors (Lipinski definition) is 2. The number of amides is 1. The summed E-state index contributed by atoms with van der Waals surface area (Å²) in [6, 6.07) is 3.20. The Hall–Kier alpha value is -2.69. The van der Waals surface area contributed by atoms with Crippen LogP contribution in [0.15, 0.2) is 10.9 Å². The van der Waals surface area contributed by atoms with Gasteiger partial charge in [-0.1, -0.05) is 0 Å². The van der Waals surface area contributed by atoms with Crippen LogP contribution < -0.4 is 16.2 Å². The van der Waals surface area contributed by atoms with Crippen molar-refractivity contribution in [3.8, 4) is 6.07 Å². The lowest BCUT2D eigenvalue weighted by molar-refractivity contribution is 0.0240. The van der Waals surface area contributed by atoms with Crippen LogP contribution in [-0.2, 0) is 4.74 Å². The normalized spacial score (nSPS) is 15.2. The largest absolute Gasteiger partial charge is 0.444 e. The van der Waals surface area contributed by atoms with Crippen molar-refractivity contribution in [2.75, 3.05) is 36.8 Å². The van der Waals surface area contributed by atoms with Gasteiger partial charge in [-0.3, -0.25) is 4.79 Å². The Morgan fingerprint density at radius 2 is 1.96 bits per heavy atom. The van der Waals surface area contributed by atoms with Crippen molar-refractivity contribution in [3.63, 3.8) is 0 Å². The number of rotatable bonds is 1. The van der Waals surface area contributed by atoms with Crippen molar-refractivity contribution in [2.24, 2.45) is 0 Å². The number of aromatic nitrogens is 1. The molecule has 1 saturated heterocycles. The fraction of sp³-hybridized carbons (Fsp3) is 0.533. The maximum atomic E-state index is 12.0. The van der Waals surface area contributed by atoms with Crippen molar-refractivity contribution in [1.29, 1.82) is 5.26 Å². The Morgan fingerprint density at radius 1 is 1.35 bits per heavy atom. The summed E-state index contributed by atoms with van der Waals surface area (Å²) < 4.78 is 5.34. The molecule has 0 saturated carbocycles. The summed E-state index contributed by atoms with van der Waals surface area (Å²) in [4.78, 5) is 29.7. The van der Waals surface area contributed by atoms with Gasteiger partial charge in [0, 0.05) is 32.2 Å². The lowest BCUT2D eigenvalue weighted by atomic mass is 10.2. The summed E-state index contributed by atoms with van der Waals surface area (Å²) in [5.41, 5.74) is 5.23. The summed E-state index contributed by atoms with van der Waals surface area (Å²) in [7, 11) is 0. The first kappa shape index (κ1) is 16.7. The fourth-order valence-corrected chi connectivity index (χ4v) is 2.36. The van der Waals surface area contributed by atoms with Gasteiger partial charge in [-0.15, -0.1) is 0 Å². The molecule has 0 aliphatic carbocycles. The molecule has 1 aromatic rings.